The number of carbonyl (C=O) groups is 2. The molecule has 0 aliphatic heterocycles. The summed E-state index contributed by atoms with van der Waals surface area (Å²) in [5, 5.41) is 0.695. The molecule has 1 aliphatic carbocycles. The van der Waals surface area contributed by atoms with E-state index in [-0.39, 0.29) is 17.0 Å². The number of ketones is 2. The summed E-state index contributed by atoms with van der Waals surface area (Å²) in [5.74, 6) is -0.0347. The van der Waals surface area contributed by atoms with Crippen LogP contribution in [0.4, 0.5) is 5.69 Å². The van der Waals surface area contributed by atoms with Crippen molar-refractivity contribution in [3.8, 4) is 0 Å². The Balaban J connectivity index is 1.85. The zero-order valence-electron chi connectivity index (χ0n) is 14.4. The average molecular weight is 429 g/mol. The van der Waals surface area contributed by atoms with E-state index in [1.54, 1.807) is 12.1 Å². The fourth-order valence-corrected chi connectivity index (χ4v) is 4.89. The molecule has 2 aromatic heterocycles. The van der Waals surface area contributed by atoms with Gasteiger partial charge < -0.3 is 5.73 Å². The van der Waals surface area contributed by atoms with Crippen LogP contribution >= 0.6 is 27.3 Å². The number of nitrogens with two attached hydrogens (primary N) is 1. The van der Waals surface area contributed by atoms with Crippen LogP contribution < -0.4 is 5.73 Å². The molecule has 0 spiro atoms. The molecule has 2 N–H and O–H groups in total. The Kier molecular flexibility index (Phi) is 4.00. The van der Waals surface area contributed by atoms with Crippen LogP contribution in [-0.2, 0) is 6.42 Å². The van der Waals surface area contributed by atoms with Crippen LogP contribution in [0.5, 0.6) is 0 Å². The number of thiophene rings is 1. The lowest BCUT2D eigenvalue weighted by Crippen LogP contribution is -2.27. The molecular formula is C20H17BrN2O2S. The van der Waals surface area contributed by atoms with Crippen molar-refractivity contribution in [2.75, 3.05) is 5.73 Å². The maximum absolute atomic E-state index is 12.9. The van der Waals surface area contributed by atoms with Crippen molar-refractivity contribution in [1.82, 2.24) is 4.98 Å². The van der Waals surface area contributed by atoms with Gasteiger partial charge in [-0.05, 0) is 30.0 Å². The highest BCUT2D eigenvalue weighted by Crippen LogP contribution is 2.40. The van der Waals surface area contributed by atoms with Gasteiger partial charge in [-0.25, -0.2) is 4.98 Å². The molecule has 0 fully saturated rings. The number of aromatic nitrogens is 1. The number of nitrogens with zero attached hydrogens (tertiary/aromatic N) is 1. The van der Waals surface area contributed by atoms with Gasteiger partial charge >= 0.3 is 0 Å². The lowest BCUT2D eigenvalue weighted by molar-refractivity contribution is 0.0910. The van der Waals surface area contributed by atoms with Crippen molar-refractivity contribution in [2.24, 2.45) is 5.41 Å². The summed E-state index contributed by atoms with van der Waals surface area (Å²) < 4.78 is 0.837. The Bertz CT molecular complexity index is 1080. The zero-order chi connectivity index (χ0) is 18.6. The van der Waals surface area contributed by atoms with Crippen molar-refractivity contribution in [3.63, 3.8) is 0 Å². The van der Waals surface area contributed by atoms with Crippen molar-refractivity contribution in [1.29, 1.82) is 0 Å². The molecule has 132 valence electrons. The predicted molar refractivity (Wildman–Crippen MR) is 108 cm³/mol. The van der Waals surface area contributed by atoms with E-state index in [2.05, 4.69) is 29.8 Å². The number of Topliss-reactive ketones (excluding diaryl/α,β-unsaturated/α-hetero) is 1. The Hall–Kier alpha value is -2.05. The summed E-state index contributed by atoms with van der Waals surface area (Å²) in [5.41, 5.74) is 8.60. The Morgan fingerprint density at radius 1 is 1.27 bits per heavy atom. The molecule has 4 nitrogen and oxygen atoms in total. The quantitative estimate of drug-likeness (QED) is 0.580. The van der Waals surface area contributed by atoms with Gasteiger partial charge in [-0.2, -0.15) is 0 Å². The van der Waals surface area contributed by atoms with Gasteiger partial charge in [-0.3, -0.25) is 9.59 Å². The molecule has 6 heteroatoms. The second-order valence-electron chi connectivity index (χ2n) is 7.46. The van der Waals surface area contributed by atoms with Crippen LogP contribution in [0.1, 0.15) is 51.6 Å². The maximum atomic E-state index is 12.9. The van der Waals surface area contributed by atoms with Crippen molar-refractivity contribution < 1.29 is 9.59 Å². The van der Waals surface area contributed by atoms with Crippen LogP contribution in [0.3, 0.4) is 0 Å². The summed E-state index contributed by atoms with van der Waals surface area (Å²) >= 11 is 4.68. The van der Waals surface area contributed by atoms with E-state index in [9.17, 15) is 9.59 Å². The zero-order valence-corrected chi connectivity index (χ0v) is 16.8. The standard InChI is InChI=1S/C20H17BrN2O2S/c1-20(2)8-14-12(15(24)9-20)7-13-16(22)18(26-19(13)23-14)17(25)10-4-3-5-11(21)6-10/h3-7H,8-9,22H2,1-2H3. The Labute approximate surface area is 163 Å². The minimum absolute atomic E-state index is 0.0936. The summed E-state index contributed by atoms with van der Waals surface area (Å²) in [6.07, 6.45) is 1.25. The second kappa shape index (κ2) is 5.99. The van der Waals surface area contributed by atoms with Crippen molar-refractivity contribution in [3.05, 3.63) is 56.5 Å². The molecule has 1 aliphatic rings. The molecule has 0 atom stereocenters. The Morgan fingerprint density at radius 2 is 2.04 bits per heavy atom. The van der Waals surface area contributed by atoms with Crippen LogP contribution in [0.25, 0.3) is 10.2 Å². The molecule has 3 aromatic rings. The minimum atomic E-state index is -0.128. The number of pyridine rings is 1. The van der Waals surface area contributed by atoms with Gasteiger partial charge in [-0.1, -0.05) is 41.9 Å². The van der Waals surface area contributed by atoms with E-state index in [4.69, 9.17) is 10.7 Å². The fourth-order valence-electron chi connectivity index (χ4n) is 3.43. The van der Waals surface area contributed by atoms with Gasteiger partial charge in [-0.15, -0.1) is 11.3 Å². The highest BCUT2D eigenvalue weighted by molar-refractivity contribution is 9.10. The van der Waals surface area contributed by atoms with Crippen molar-refractivity contribution in [2.45, 2.75) is 26.7 Å². The number of carbonyl (C=O) groups excluding carboxylic acids is 2. The van der Waals surface area contributed by atoms with E-state index >= 15 is 0 Å². The molecule has 0 bridgehead atoms. The number of rotatable bonds is 2. The number of anilines is 1. The molecule has 0 unspecified atom stereocenters. The number of hydrogen-bond donors (Lipinski definition) is 1. The van der Waals surface area contributed by atoms with E-state index in [1.807, 2.05) is 18.2 Å². The third-order valence-corrected chi connectivity index (χ3v) is 6.29. The molecule has 4 rings (SSSR count). The SMILES string of the molecule is CC1(C)CC(=O)c2cc3c(N)c(C(=O)c4cccc(Br)c4)sc3nc2C1. The predicted octanol–water partition coefficient (Wildman–Crippen LogP) is 5.03. The van der Waals surface area contributed by atoms with Gasteiger partial charge in [0.05, 0.1) is 11.4 Å². The number of halogens is 1. The van der Waals surface area contributed by atoms with Crippen LogP contribution in [0, 0.1) is 5.41 Å². The first-order valence-corrected chi connectivity index (χ1v) is 9.91. The smallest absolute Gasteiger partial charge is 0.205 e. The van der Waals surface area contributed by atoms with E-state index in [0.29, 0.717) is 38.3 Å². The summed E-state index contributed by atoms with van der Waals surface area (Å²) in [4.78, 5) is 31.3. The molecule has 1 aromatic carbocycles. The van der Waals surface area contributed by atoms with E-state index in [0.717, 1.165) is 16.6 Å². The topological polar surface area (TPSA) is 73.1 Å². The molecular weight excluding hydrogens is 412 g/mol. The molecule has 0 saturated carbocycles. The highest BCUT2D eigenvalue weighted by Gasteiger charge is 2.33. The van der Waals surface area contributed by atoms with Gasteiger partial charge in [0, 0.05) is 27.4 Å². The van der Waals surface area contributed by atoms with Gasteiger partial charge in [0.25, 0.3) is 0 Å². The molecule has 2 heterocycles. The average Bonchev–Trinajstić information content (AvgIpc) is 2.88. The third-order valence-electron chi connectivity index (χ3n) is 4.68. The largest absolute Gasteiger partial charge is 0.397 e. The number of nitrogen functional groups attached to an aromatic ring is 1. The van der Waals surface area contributed by atoms with Gasteiger partial charge in [0.2, 0.25) is 5.78 Å². The number of benzene rings is 1. The first-order chi connectivity index (χ1) is 12.2. The minimum Gasteiger partial charge on any atom is -0.397 e. The third kappa shape index (κ3) is 2.87. The van der Waals surface area contributed by atoms with E-state index < -0.39 is 0 Å². The number of fused-ring (bicyclic) bond motifs is 2. The molecule has 0 amide bonds. The first-order valence-electron chi connectivity index (χ1n) is 8.30. The summed E-state index contributed by atoms with van der Waals surface area (Å²) in [7, 11) is 0. The van der Waals surface area contributed by atoms with E-state index in [1.165, 1.54) is 11.3 Å². The Morgan fingerprint density at radius 3 is 2.77 bits per heavy atom. The van der Waals surface area contributed by atoms with Gasteiger partial charge in [0.15, 0.2) is 5.78 Å². The second-order valence-corrected chi connectivity index (χ2v) is 9.38. The van der Waals surface area contributed by atoms with Crippen molar-refractivity contribution >= 4 is 54.7 Å². The number of hydrogen-bond acceptors (Lipinski definition) is 5. The molecule has 0 radical (unpaired) electrons. The fraction of sp³-hybridized carbons (Fsp3) is 0.250. The lowest BCUT2D eigenvalue weighted by atomic mass is 9.75. The highest BCUT2D eigenvalue weighted by atomic mass is 79.9. The summed E-state index contributed by atoms with van der Waals surface area (Å²) in [6, 6.07) is 9.05. The van der Waals surface area contributed by atoms with Crippen LogP contribution in [0.15, 0.2) is 34.8 Å². The maximum Gasteiger partial charge on any atom is 0.205 e. The first kappa shape index (κ1) is 17.4. The monoisotopic (exact) mass is 428 g/mol. The lowest BCUT2D eigenvalue weighted by Gasteiger charge is -2.29. The van der Waals surface area contributed by atoms with Gasteiger partial charge in [0.1, 0.15) is 9.71 Å². The van der Waals surface area contributed by atoms with Crippen LogP contribution in [-0.4, -0.2) is 16.6 Å². The summed E-state index contributed by atoms with van der Waals surface area (Å²) in [6.45, 7) is 4.15. The molecule has 0 saturated heterocycles. The van der Waals surface area contributed by atoms with Crippen LogP contribution in [0.2, 0.25) is 0 Å². The molecule has 26 heavy (non-hydrogen) atoms. The normalized spacial score (nSPS) is 15.9.